The van der Waals surface area contributed by atoms with Crippen molar-refractivity contribution in [2.45, 2.75) is 13.3 Å². The van der Waals surface area contributed by atoms with Gasteiger partial charge < -0.3 is 10.3 Å². The first-order valence-corrected chi connectivity index (χ1v) is 5.37. The van der Waals surface area contributed by atoms with Gasteiger partial charge in [0, 0.05) is 6.42 Å². The number of hydrogen-bond acceptors (Lipinski definition) is 4. The second-order valence-corrected chi connectivity index (χ2v) is 3.94. The van der Waals surface area contributed by atoms with Gasteiger partial charge in [0.05, 0.1) is 10.6 Å². The average molecular weight is 238 g/mol. The van der Waals surface area contributed by atoms with Crippen LogP contribution in [0.1, 0.15) is 11.4 Å². The smallest absolute Gasteiger partial charge is 0.259 e. The van der Waals surface area contributed by atoms with E-state index in [9.17, 15) is 0 Å². The van der Waals surface area contributed by atoms with Crippen LogP contribution >= 0.6 is 11.6 Å². The van der Waals surface area contributed by atoms with E-state index in [0.29, 0.717) is 29.7 Å². The van der Waals surface area contributed by atoms with Crippen LogP contribution in [0.3, 0.4) is 0 Å². The van der Waals surface area contributed by atoms with E-state index in [1.54, 1.807) is 0 Å². The molecule has 2 N–H and O–H groups in total. The molecule has 0 aliphatic carbocycles. The fourth-order valence-corrected chi connectivity index (χ4v) is 1.70. The maximum absolute atomic E-state index is 6.10. The zero-order valence-corrected chi connectivity index (χ0v) is 9.66. The minimum Gasteiger partial charge on any atom is -0.334 e. The number of hydrogen-bond donors (Lipinski definition) is 1. The van der Waals surface area contributed by atoms with Crippen molar-refractivity contribution >= 4 is 11.6 Å². The van der Waals surface area contributed by atoms with Crippen molar-refractivity contribution in [3.05, 3.63) is 34.6 Å². The molecule has 84 valence electrons. The highest BCUT2D eigenvalue weighted by Gasteiger charge is 2.11. The van der Waals surface area contributed by atoms with Crippen LogP contribution < -0.4 is 5.73 Å². The van der Waals surface area contributed by atoms with Crippen LogP contribution in [0, 0.1) is 6.92 Å². The number of nitrogens with two attached hydrogens (primary N) is 1. The van der Waals surface area contributed by atoms with Gasteiger partial charge in [-0.15, -0.1) is 0 Å². The molecule has 1 aromatic carbocycles. The minimum atomic E-state index is 0.438. The molecule has 0 fully saturated rings. The third kappa shape index (κ3) is 2.23. The second kappa shape index (κ2) is 4.63. The molecule has 2 rings (SSSR count). The molecule has 0 amide bonds. The number of aryl methyl sites for hydroxylation is 1. The van der Waals surface area contributed by atoms with Gasteiger partial charge in [-0.05, 0) is 31.2 Å². The molecule has 0 bridgehead atoms. The number of rotatable bonds is 3. The molecule has 5 heteroatoms. The average Bonchev–Trinajstić information content (AvgIpc) is 2.67. The summed E-state index contributed by atoms with van der Waals surface area (Å²) in [5.41, 5.74) is 7.26. The van der Waals surface area contributed by atoms with Gasteiger partial charge in [-0.1, -0.05) is 22.8 Å². The molecular weight excluding hydrogens is 226 g/mol. The molecule has 0 saturated heterocycles. The van der Waals surface area contributed by atoms with Gasteiger partial charge >= 0.3 is 0 Å². The highest BCUT2D eigenvalue weighted by molar-refractivity contribution is 6.33. The number of halogens is 1. The van der Waals surface area contributed by atoms with Gasteiger partial charge in [0.2, 0.25) is 0 Å². The topological polar surface area (TPSA) is 64.9 Å². The summed E-state index contributed by atoms with van der Waals surface area (Å²) in [7, 11) is 0. The Morgan fingerprint density at radius 3 is 2.94 bits per heavy atom. The normalized spacial score (nSPS) is 10.7. The summed E-state index contributed by atoms with van der Waals surface area (Å²) in [4.78, 5) is 4.22. The SMILES string of the molecule is Cc1ccc(-c2nc(CCN)no2)c(Cl)c1. The first-order chi connectivity index (χ1) is 7.70. The predicted octanol–water partition coefficient (Wildman–Crippen LogP) is 2.20. The van der Waals surface area contributed by atoms with Gasteiger partial charge in [-0.2, -0.15) is 4.98 Å². The molecule has 0 aliphatic heterocycles. The van der Waals surface area contributed by atoms with E-state index in [-0.39, 0.29) is 0 Å². The van der Waals surface area contributed by atoms with Crippen molar-refractivity contribution in [1.82, 2.24) is 10.1 Å². The Labute approximate surface area is 98.4 Å². The number of benzene rings is 1. The number of aromatic nitrogens is 2. The van der Waals surface area contributed by atoms with Crippen LogP contribution in [0.5, 0.6) is 0 Å². The lowest BCUT2D eigenvalue weighted by atomic mass is 10.1. The fourth-order valence-electron chi connectivity index (χ4n) is 1.39. The van der Waals surface area contributed by atoms with Crippen molar-refractivity contribution in [3.8, 4) is 11.5 Å². The summed E-state index contributed by atoms with van der Waals surface area (Å²) >= 11 is 6.10. The molecule has 0 atom stereocenters. The lowest BCUT2D eigenvalue weighted by Crippen LogP contribution is -2.03. The Hall–Kier alpha value is -1.39. The molecule has 0 spiro atoms. The zero-order chi connectivity index (χ0) is 11.5. The minimum absolute atomic E-state index is 0.438. The van der Waals surface area contributed by atoms with Gasteiger partial charge in [-0.25, -0.2) is 0 Å². The first-order valence-electron chi connectivity index (χ1n) is 5.00. The monoisotopic (exact) mass is 237 g/mol. The molecule has 16 heavy (non-hydrogen) atoms. The number of nitrogens with zero attached hydrogens (tertiary/aromatic N) is 2. The van der Waals surface area contributed by atoms with Crippen molar-refractivity contribution in [2.24, 2.45) is 5.73 Å². The Bertz CT molecular complexity index is 496. The molecule has 0 unspecified atom stereocenters. The van der Waals surface area contributed by atoms with Gasteiger partial charge in [-0.3, -0.25) is 0 Å². The van der Waals surface area contributed by atoms with E-state index < -0.39 is 0 Å². The molecular formula is C11H12ClN3O. The lowest BCUT2D eigenvalue weighted by Gasteiger charge is -1.99. The van der Waals surface area contributed by atoms with Crippen LogP contribution in [0.25, 0.3) is 11.5 Å². The Kier molecular flexibility index (Phi) is 3.22. The highest BCUT2D eigenvalue weighted by atomic mass is 35.5. The lowest BCUT2D eigenvalue weighted by molar-refractivity contribution is 0.422. The Morgan fingerprint density at radius 1 is 1.44 bits per heavy atom. The largest absolute Gasteiger partial charge is 0.334 e. The van der Waals surface area contributed by atoms with Crippen LogP contribution in [0.15, 0.2) is 22.7 Å². The summed E-state index contributed by atoms with van der Waals surface area (Å²) in [6.07, 6.45) is 0.604. The maximum Gasteiger partial charge on any atom is 0.259 e. The molecule has 1 heterocycles. The standard InChI is InChI=1S/C11H12ClN3O/c1-7-2-3-8(9(12)6-7)11-14-10(4-5-13)15-16-11/h2-3,6H,4-5,13H2,1H3. The van der Waals surface area contributed by atoms with Crippen molar-refractivity contribution in [1.29, 1.82) is 0 Å². The van der Waals surface area contributed by atoms with E-state index in [1.165, 1.54) is 0 Å². The fraction of sp³-hybridized carbons (Fsp3) is 0.273. The Balaban J connectivity index is 2.35. The van der Waals surface area contributed by atoms with Gasteiger partial charge in [0.1, 0.15) is 0 Å². The molecule has 0 radical (unpaired) electrons. The first kappa shape index (κ1) is 11.1. The molecule has 2 aromatic rings. The maximum atomic E-state index is 6.10. The van der Waals surface area contributed by atoms with Gasteiger partial charge in [0.15, 0.2) is 5.82 Å². The third-order valence-electron chi connectivity index (χ3n) is 2.19. The van der Waals surface area contributed by atoms with Crippen LogP contribution in [-0.4, -0.2) is 16.7 Å². The van der Waals surface area contributed by atoms with Crippen molar-refractivity contribution in [3.63, 3.8) is 0 Å². The zero-order valence-electron chi connectivity index (χ0n) is 8.90. The molecule has 0 aliphatic rings. The van der Waals surface area contributed by atoms with Crippen LogP contribution in [0.4, 0.5) is 0 Å². The molecule has 4 nitrogen and oxygen atoms in total. The summed E-state index contributed by atoms with van der Waals surface area (Å²) in [6.45, 7) is 2.48. The van der Waals surface area contributed by atoms with Crippen molar-refractivity contribution < 1.29 is 4.52 Å². The predicted molar refractivity (Wildman–Crippen MR) is 62.2 cm³/mol. The summed E-state index contributed by atoms with van der Waals surface area (Å²) in [6, 6.07) is 5.69. The summed E-state index contributed by atoms with van der Waals surface area (Å²) < 4.78 is 5.12. The van der Waals surface area contributed by atoms with E-state index in [1.807, 2.05) is 25.1 Å². The highest BCUT2D eigenvalue weighted by Crippen LogP contribution is 2.27. The van der Waals surface area contributed by atoms with E-state index in [2.05, 4.69) is 10.1 Å². The molecule has 1 aromatic heterocycles. The second-order valence-electron chi connectivity index (χ2n) is 3.54. The molecule has 0 saturated carbocycles. The van der Waals surface area contributed by atoms with E-state index in [4.69, 9.17) is 21.9 Å². The van der Waals surface area contributed by atoms with Crippen LogP contribution in [-0.2, 0) is 6.42 Å². The van der Waals surface area contributed by atoms with Crippen LogP contribution in [0.2, 0.25) is 5.02 Å². The van der Waals surface area contributed by atoms with Gasteiger partial charge in [0.25, 0.3) is 5.89 Å². The third-order valence-corrected chi connectivity index (χ3v) is 2.50. The summed E-state index contributed by atoms with van der Waals surface area (Å²) in [5, 5.41) is 4.43. The summed E-state index contributed by atoms with van der Waals surface area (Å²) in [5.74, 6) is 1.04. The van der Waals surface area contributed by atoms with Crippen molar-refractivity contribution in [2.75, 3.05) is 6.54 Å². The van der Waals surface area contributed by atoms with E-state index in [0.717, 1.165) is 11.1 Å². The Morgan fingerprint density at radius 2 is 2.25 bits per heavy atom. The quantitative estimate of drug-likeness (QED) is 0.889. The van der Waals surface area contributed by atoms with E-state index >= 15 is 0 Å².